The topological polar surface area (TPSA) is 36.9 Å². The molecule has 0 aliphatic heterocycles. The predicted octanol–water partition coefficient (Wildman–Crippen LogP) is 2.26. The second-order valence-corrected chi connectivity index (χ2v) is 4.22. The normalized spacial score (nSPS) is 16.8. The highest BCUT2D eigenvalue weighted by Gasteiger charge is 2.09. The van der Waals surface area contributed by atoms with Crippen molar-refractivity contribution in [2.24, 2.45) is 0 Å². The van der Waals surface area contributed by atoms with E-state index >= 15 is 0 Å². The first-order valence-electron chi connectivity index (χ1n) is 6.52. The Bertz CT molecular complexity index is 163. The van der Waals surface area contributed by atoms with E-state index in [1.54, 1.807) is 0 Å². The molecule has 0 rings (SSSR count). The Labute approximate surface area is 106 Å². The van der Waals surface area contributed by atoms with Crippen molar-refractivity contribution in [2.75, 3.05) is 33.0 Å². The maximum Gasteiger partial charge on any atom is 0.0785 e. The number of hydrogen-bond donors (Lipinski definition) is 0. The Morgan fingerprint density at radius 2 is 1.24 bits per heavy atom. The van der Waals surface area contributed by atoms with Crippen molar-refractivity contribution in [3.05, 3.63) is 0 Å². The van der Waals surface area contributed by atoms with E-state index in [4.69, 9.17) is 18.9 Å². The SMILES string of the molecule is CCOCC(C)OC(C)COCC(C)OCC. The van der Waals surface area contributed by atoms with Crippen LogP contribution in [-0.2, 0) is 18.9 Å². The van der Waals surface area contributed by atoms with Gasteiger partial charge in [0.15, 0.2) is 0 Å². The minimum Gasteiger partial charge on any atom is -0.379 e. The molecule has 0 aromatic rings. The van der Waals surface area contributed by atoms with E-state index in [0.717, 1.165) is 13.2 Å². The molecule has 0 saturated carbocycles. The molecule has 4 nitrogen and oxygen atoms in total. The smallest absolute Gasteiger partial charge is 0.0785 e. The molecule has 0 bridgehead atoms. The molecule has 17 heavy (non-hydrogen) atoms. The van der Waals surface area contributed by atoms with E-state index in [0.29, 0.717) is 19.8 Å². The van der Waals surface area contributed by atoms with Crippen molar-refractivity contribution < 1.29 is 18.9 Å². The summed E-state index contributed by atoms with van der Waals surface area (Å²) in [7, 11) is 0. The predicted molar refractivity (Wildman–Crippen MR) is 68.4 cm³/mol. The summed E-state index contributed by atoms with van der Waals surface area (Å²) in [6.45, 7) is 13.3. The molecule has 0 N–H and O–H groups in total. The van der Waals surface area contributed by atoms with Crippen LogP contribution in [0.1, 0.15) is 34.6 Å². The van der Waals surface area contributed by atoms with Gasteiger partial charge < -0.3 is 18.9 Å². The van der Waals surface area contributed by atoms with Crippen LogP contribution in [0.25, 0.3) is 0 Å². The summed E-state index contributed by atoms with van der Waals surface area (Å²) in [6, 6.07) is 0. The largest absolute Gasteiger partial charge is 0.379 e. The monoisotopic (exact) mass is 248 g/mol. The van der Waals surface area contributed by atoms with Crippen LogP contribution >= 0.6 is 0 Å². The summed E-state index contributed by atoms with van der Waals surface area (Å²) < 4.78 is 21.9. The van der Waals surface area contributed by atoms with Gasteiger partial charge in [-0.3, -0.25) is 0 Å². The van der Waals surface area contributed by atoms with Crippen LogP contribution < -0.4 is 0 Å². The van der Waals surface area contributed by atoms with Crippen LogP contribution in [0.5, 0.6) is 0 Å². The van der Waals surface area contributed by atoms with Crippen LogP contribution in [0.3, 0.4) is 0 Å². The molecular formula is C13H28O4. The highest BCUT2D eigenvalue weighted by Crippen LogP contribution is 2.01. The molecule has 0 radical (unpaired) electrons. The van der Waals surface area contributed by atoms with Crippen molar-refractivity contribution >= 4 is 0 Å². The van der Waals surface area contributed by atoms with Crippen LogP contribution in [0.2, 0.25) is 0 Å². The molecule has 4 heteroatoms. The maximum absolute atomic E-state index is 5.70. The van der Waals surface area contributed by atoms with E-state index < -0.39 is 0 Å². The van der Waals surface area contributed by atoms with Gasteiger partial charge in [0.25, 0.3) is 0 Å². The molecule has 0 aromatic heterocycles. The Balaban J connectivity index is 3.48. The van der Waals surface area contributed by atoms with Gasteiger partial charge in [-0.1, -0.05) is 0 Å². The van der Waals surface area contributed by atoms with Gasteiger partial charge in [-0.25, -0.2) is 0 Å². The summed E-state index contributed by atoms with van der Waals surface area (Å²) in [4.78, 5) is 0. The lowest BCUT2D eigenvalue weighted by Gasteiger charge is -2.20. The zero-order chi connectivity index (χ0) is 13.1. The Kier molecular flexibility index (Phi) is 10.9. The Morgan fingerprint density at radius 1 is 0.706 bits per heavy atom. The van der Waals surface area contributed by atoms with Crippen LogP contribution in [0.15, 0.2) is 0 Å². The second-order valence-electron chi connectivity index (χ2n) is 4.22. The molecule has 0 aliphatic rings. The van der Waals surface area contributed by atoms with Gasteiger partial charge >= 0.3 is 0 Å². The Hall–Kier alpha value is -0.160. The van der Waals surface area contributed by atoms with E-state index in [1.807, 2.05) is 34.6 Å². The lowest BCUT2D eigenvalue weighted by atomic mass is 10.3. The number of ether oxygens (including phenoxy) is 4. The summed E-state index contributed by atoms with van der Waals surface area (Å²) in [5, 5.41) is 0. The molecule has 0 spiro atoms. The maximum atomic E-state index is 5.70. The van der Waals surface area contributed by atoms with E-state index in [9.17, 15) is 0 Å². The van der Waals surface area contributed by atoms with E-state index in [-0.39, 0.29) is 18.3 Å². The summed E-state index contributed by atoms with van der Waals surface area (Å²) in [6.07, 6.45) is 0.338. The van der Waals surface area contributed by atoms with Crippen LogP contribution in [-0.4, -0.2) is 51.3 Å². The highest BCUT2D eigenvalue weighted by molar-refractivity contribution is 4.55. The van der Waals surface area contributed by atoms with Crippen LogP contribution in [0, 0.1) is 0 Å². The van der Waals surface area contributed by atoms with Gasteiger partial charge in [0, 0.05) is 13.2 Å². The minimum atomic E-state index is 0.0827. The van der Waals surface area contributed by atoms with Crippen molar-refractivity contribution in [2.45, 2.75) is 52.9 Å². The van der Waals surface area contributed by atoms with Crippen molar-refractivity contribution in [3.8, 4) is 0 Å². The molecule has 0 heterocycles. The lowest BCUT2D eigenvalue weighted by molar-refractivity contribution is -0.0821. The third-order valence-electron chi connectivity index (χ3n) is 2.18. The van der Waals surface area contributed by atoms with E-state index in [1.165, 1.54) is 0 Å². The summed E-state index contributed by atoms with van der Waals surface area (Å²) in [5.74, 6) is 0. The van der Waals surface area contributed by atoms with Gasteiger partial charge in [-0.2, -0.15) is 0 Å². The molecule has 0 amide bonds. The fourth-order valence-corrected chi connectivity index (χ4v) is 1.49. The summed E-state index contributed by atoms with van der Waals surface area (Å²) >= 11 is 0. The van der Waals surface area contributed by atoms with Crippen molar-refractivity contribution in [1.29, 1.82) is 0 Å². The van der Waals surface area contributed by atoms with Gasteiger partial charge in [-0.15, -0.1) is 0 Å². The second kappa shape index (κ2) is 11.0. The quantitative estimate of drug-likeness (QED) is 0.562. The molecule has 0 saturated heterocycles. The standard InChI is InChI=1S/C13H28O4/c1-6-14-9-12(4)17-13(5)10-15-8-11(3)16-7-2/h11-13H,6-10H2,1-5H3. The zero-order valence-corrected chi connectivity index (χ0v) is 11.9. The number of hydrogen-bond acceptors (Lipinski definition) is 4. The Morgan fingerprint density at radius 3 is 1.76 bits per heavy atom. The first-order chi connectivity index (χ1) is 8.10. The third kappa shape index (κ3) is 10.7. The zero-order valence-electron chi connectivity index (χ0n) is 11.9. The molecular weight excluding hydrogens is 220 g/mol. The van der Waals surface area contributed by atoms with Gasteiger partial charge in [0.05, 0.1) is 38.1 Å². The fourth-order valence-electron chi connectivity index (χ4n) is 1.49. The summed E-state index contributed by atoms with van der Waals surface area (Å²) in [5.41, 5.74) is 0. The van der Waals surface area contributed by atoms with E-state index in [2.05, 4.69) is 0 Å². The highest BCUT2D eigenvalue weighted by atomic mass is 16.6. The third-order valence-corrected chi connectivity index (χ3v) is 2.18. The molecule has 104 valence electrons. The van der Waals surface area contributed by atoms with Gasteiger partial charge in [-0.05, 0) is 34.6 Å². The first kappa shape index (κ1) is 16.8. The average Bonchev–Trinajstić information content (AvgIpc) is 2.26. The number of rotatable bonds is 11. The molecule has 3 unspecified atom stereocenters. The van der Waals surface area contributed by atoms with Gasteiger partial charge in [0.1, 0.15) is 0 Å². The molecule has 0 aliphatic carbocycles. The minimum absolute atomic E-state index is 0.0827. The van der Waals surface area contributed by atoms with Gasteiger partial charge in [0.2, 0.25) is 0 Å². The molecule has 0 fully saturated rings. The molecule has 3 atom stereocenters. The van der Waals surface area contributed by atoms with Crippen molar-refractivity contribution in [3.63, 3.8) is 0 Å². The lowest BCUT2D eigenvalue weighted by Crippen LogP contribution is -2.27. The fraction of sp³-hybridized carbons (Fsp3) is 1.00. The average molecular weight is 248 g/mol. The molecule has 0 aromatic carbocycles. The van der Waals surface area contributed by atoms with Crippen LogP contribution in [0.4, 0.5) is 0 Å². The van der Waals surface area contributed by atoms with Crippen molar-refractivity contribution in [1.82, 2.24) is 0 Å². The first-order valence-corrected chi connectivity index (χ1v) is 6.52.